The minimum absolute atomic E-state index is 0.292. The molecule has 0 unspecified atom stereocenters. The van der Waals surface area contributed by atoms with E-state index in [-0.39, 0.29) is 5.82 Å². The van der Waals surface area contributed by atoms with E-state index in [2.05, 4.69) is 26.0 Å². The standard InChI is InChI=1S/C10H9BrFN3O/c1-15-10(13-6-14-15)5-16-9-3-2-7(12)4-8(9)11/h2-4,6H,5H2,1H3. The Morgan fingerprint density at radius 2 is 2.31 bits per heavy atom. The van der Waals surface area contributed by atoms with Gasteiger partial charge in [-0.25, -0.2) is 9.37 Å². The van der Waals surface area contributed by atoms with Gasteiger partial charge >= 0.3 is 0 Å². The van der Waals surface area contributed by atoms with Crippen LogP contribution < -0.4 is 4.74 Å². The molecule has 0 saturated heterocycles. The van der Waals surface area contributed by atoms with Gasteiger partial charge in [-0.3, -0.25) is 4.68 Å². The fourth-order valence-electron chi connectivity index (χ4n) is 1.19. The quantitative estimate of drug-likeness (QED) is 0.869. The molecule has 2 rings (SSSR count). The first kappa shape index (κ1) is 11.1. The molecular weight excluding hydrogens is 277 g/mol. The van der Waals surface area contributed by atoms with E-state index >= 15 is 0 Å². The Morgan fingerprint density at radius 1 is 1.50 bits per heavy atom. The molecule has 0 atom stereocenters. The number of nitrogens with zero attached hydrogens (tertiary/aromatic N) is 3. The zero-order valence-electron chi connectivity index (χ0n) is 8.52. The highest BCUT2D eigenvalue weighted by molar-refractivity contribution is 9.10. The monoisotopic (exact) mass is 285 g/mol. The van der Waals surface area contributed by atoms with Crippen LogP contribution in [-0.4, -0.2) is 14.8 Å². The summed E-state index contributed by atoms with van der Waals surface area (Å²) in [5.74, 6) is 0.971. The van der Waals surface area contributed by atoms with Crippen molar-refractivity contribution in [1.82, 2.24) is 14.8 Å². The van der Waals surface area contributed by atoms with Gasteiger partial charge in [-0.05, 0) is 34.1 Å². The van der Waals surface area contributed by atoms with Crippen molar-refractivity contribution in [2.75, 3.05) is 0 Å². The molecule has 84 valence electrons. The first-order valence-corrected chi connectivity index (χ1v) is 5.37. The molecule has 0 saturated carbocycles. The normalized spacial score (nSPS) is 10.4. The number of hydrogen-bond acceptors (Lipinski definition) is 3. The van der Waals surface area contributed by atoms with Gasteiger partial charge in [-0.2, -0.15) is 5.10 Å². The fourth-order valence-corrected chi connectivity index (χ4v) is 1.65. The Labute approximate surface area is 100 Å². The van der Waals surface area contributed by atoms with Gasteiger partial charge in [0.15, 0.2) is 5.82 Å². The average Bonchev–Trinajstić information content (AvgIpc) is 2.63. The van der Waals surface area contributed by atoms with E-state index in [1.807, 2.05) is 0 Å². The Balaban J connectivity index is 2.08. The molecule has 1 heterocycles. The molecular formula is C10H9BrFN3O. The molecule has 1 aromatic heterocycles. The molecule has 0 aliphatic heterocycles. The first-order valence-electron chi connectivity index (χ1n) is 4.57. The van der Waals surface area contributed by atoms with Crippen LogP contribution in [-0.2, 0) is 13.7 Å². The van der Waals surface area contributed by atoms with E-state index < -0.39 is 0 Å². The zero-order valence-corrected chi connectivity index (χ0v) is 10.1. The van der Waals surface area contributed by atoms with Crippen LogP contribution in [0.15, 0.2) is 29.0 Å². The topological polar surface area (TPSA) is 39.9 Å². The molecule has 0 N–H and O–H groups in total. The summed E-state index contributed by atoms with van der Waals surface area (Å²) in [5.41, 5.74) is 0. The number of ether oxygens (including phenoxy) is 1. The van der Waals surface area contributed by atoms with Crippen LogP contribution in [0.25, 0.3) is 0 Å². The van der Waals surface area contributed by atoms with Crippen LogP contribution in [0.1, 0.15) is 5.82 Å². The Hall–Kier alpha value is -1.43. The lowest BCUT2D eigenvalue weighted by Gasteiger charge is -2.07. The second kappa shape index (κ2) is 4.61. The van der Waals surface area contributed by atoms with Gasteiger partial charge in [0.25, 0.3) is 0 Å². The highest BCUT2D eigenvalue weighted by Gasteiger charge is 2.05. The van der Waals surface area contributed by atoms with Crippen molar-refractivity contribution in [2.45, 2.75) is 6.61 Å². The van der Waals surface area contributed by atoms with Gasteiger partial charge in [0.1, 0.15) is 24.5 Å². The molecule has 0 bridgehead atoms. The first-order chi connectivity index (χ1) is 7.66. The Bertz CT molecular complexity index is 501. The summed E-state index contributed by atoms with van der Waals surface area (Å²) in [7, 11) is 1.78. The second-order valence-electron chi connectivity index (χ2n) is 3.16. The summed E-state index contributed by atoms with van der Waals surface area (Å²) >= 11 is 3.22. The number of halogens is 2. The fraction of sp³-hybridized carbons (Fsp3) is 0.200. The van der Waals surface area contributed by atoms with Crippen molar-refractivity contribution in [3.63, 3.8) is 0 Å². The highest BCUT2D eigenvalue weighted by atomic mass is 79.9. The summed E-state index contributed by atoms with van der Waals surface area (Å²) in [6.07, 6.45) is 1.46. The third kappa shape index (κ3) is 2.38. The van der Waals surface area contributed by atoms with Gasteiger partial charge < -0.3 is 4.74 Å². The second-order valence-corrected chi connectivity index (χ2v) is 4.02. The van der Waals surface area contributed by atoms with Crippen LogP contribution in [0, 0.1) is 5.82 Å². The number of hydrogen-bond donors (Lipinski definition) is 0. The lowest BCUT2D eigenvalue weighted by molar-refractivity contribution is 0.287. The molecule has 0 fully saturated rings. The lowest BCUT2D eigenvalue weighted by Crippen LogP contribution is -2.04. The SMILES string of the molecule is Cn1ncnc1COc1ccc(F)cc1Br. The summed E-state index contributed by atoms with van der Waals surface area (Å²) in [4.78, 5) is 4.02. The minimum atomic E-state index is -0.308. The van der Waals surface area contributed by atoms with Crippen LogP contribution in [0.4, 0.5) is 4.39 Å². The van der Waals surface area contributed by atoms with E-state index in [1.165, 1.54) is 18.5 Å². The summed E-state index contributed by atoms with van der Waals surface area (Å²) in [5, 5.41) is 3.92. The molecule has 0 amide bonds. The van der Waals surface area contributed by atoms with Gasteiger partial charge in [-0.1, -0.05) is 0 Å². The number of rotatable bonds is 3. The van der Waals surface area contributed by atoms with Gasteiger partial charge in [0.05, 0.1) is 4.47 Å². The van der Waals surface area contributed by atoms with Crippen LogP contribution in [0.5, 0.6) is 5.75 Å². The van der Waals surface area contributed by atoms with Crippen molar-refractivity contribution < 1.29 is 9.13 Å². The molecule has 16 heavy (non-hydrogen) atoms. The molecule has 0 aliphatic carbocycles. The van der Waals surface area contributed by atoms with E-state index in [9.17, 15) is 4.39 Å². The van der Waals surface area contributed by atoms with Crippen molar-refractivity contribution in [3.05, 3.63) is 40.6 Å². The van der Waals surface area contributed by atoms with Crippen LogP contribution in [0.2, 0.25) is 0 Å². The predicted octanol–water partition coefficient (Wildman–Crippen LogP) is 2.30. The predicted molar refractivity (Wildman–Crippen MR) is 59.4 cm³/mol. The minimum Gasteiger partial charge on any atom is -0.484 e. The van der Waals surface area contributed by atoms with E-state index in [0.717, 1.165) is 0 Å². The molecule has 0 spiro atoms. The molecule has 1 aromatic carbocycles. The molecule has 2 aromatic rings. The Kier molecular flexibility index (Phi) is 3.19. The van der Waals surface area contributed by atoms with Crippen LogP contribution in [0.3, 0.4) is 0 Å². The largest absolute Gasteiger partial charge is 0.484 e. The van der Waals surface area contributed by atoms with Crippen molar-refractivity contribution >= 4 is 15.9 Å². The van der Waals surface area contributed by atoms with E-state index in [1.54, 1.807) is 17.8 Å². The van der Waals surface area contributed by atoms with Gasteiger partial charge in [0, 0.05) is 7.05 Å². The number of benzene rings is 1. The maximum atomic E-state index is 12.8. The van der Waals surface area contributed by atoms with Crippen molar-refractivity contribution in [3.8, 4) is 5.75 Å². The lowest BCUT2D eigenvalue weighted by atomic mass is 10.3. The molecule has 0 aliphatic rings. The molecule has 0 radical (unpaired) electrons. The summed E-state index contributed by atoms with van der Waals surface area (Å²) in [6.45, 7) is 0.292. The zero-order chi connectivity index (χ0) is 11.5. The smallest absolute Gasteiger partial charge is 0.164 e. The average molecular weight is 286 g/mol. The number of aryl methyl sites for hydroxylation is 1. The summed E-state index contributed by atoms with van der Waals surface area (Å²) < 4.78 is 20.5. The maximum Gasteiger partial charge on any atom is 0.164 e. The van der Waals surface area contributed by atoms with Crippen LogP contribution >= 0.6 is 15.9 Å². The number of aromatic nitrogens is 3. The van der Waals surface area contributed by atoms with Crippen molar-refractivity contribution in [1.29, 1.82) is 0 Å². The highest BCUT2D eigenvalue weighted by Crippen LogP contribution is 2.25. The molecule has 6 heteroatoms. The third-order valence-electron chi connectivity index (χ3n) is 2.06. The van der Waals surface area contributed by atoms with Gasteiger partial charge in [-0.15, -0.1) is 0 Å². The van der Waals surface area contributed by atoms with Gasteiger partial charge in [0.2, 0.25) is 0 Å². The Morgan fingerprint density at radius 3 is 2.94 bits per heavy atom. The van der Waals surface area contributed by atoms with E-state index in [0.29, 0.717) is 22.7 Å². The maximum absolute atomic E-state index is 12.8. The summed E-state index contributed by atoms with van der Waals surface area (Å²) in [6, 6.07) is 4.26. The third-order valence-corrected chi connectivity index (χ3v) is 2.68. The van der Waals surface area contributed by atoms with E-state index in [4.69, 9.17) is 4.74 Å². The molecule has 4 nitrogen and oxygen atoms in total. The van der Waals surface area contributed by atoms with Crippen molar-refractivity contribution in [2.24, 2.45) is 7.05 Å².